The smallest absolute Gasteiger partial charge is 0.332 e. The molecule has 0 aromatic carbocycles. The fourth-order valence-electron chi connectivity index (χ4n) is 3.35. The van der Waals surface area contributed by atoms with Crippen LogP contribution in [0.2, 0.25) is 0 Å². The number of rotatable bonds is 9. The maximum Gasteiger partial charge on any atom is 0.332 e. The van der Waals surface area contributed by atoms with Crippen molar-refractivity contribution in [3.63, 3.8) is 0 Å². The average Bonchev–Trinajstić information content (AvgIpc) is 3.11. The predicted octanol–water partition coefficient (Wildman–Crippen LogP) is 7.27. The summed E-state index contributed by atoms with van der Waals surface area (Å²) in [5.74, 6) is -0.493. The topological polar surface area (TPSA) is 75.7 Å². The Bertz CT molecular complexity index is 742. The monoisotopic (exact) mass is 668 g/mol. The summed E-state index contributed by atoms with van der Waals surface area (Å²) in [6.45, 7) is -0.752. The van der Waals surface area contributed by atoms with Crippen LogP contribution in [-0.2, 0) is 18.9 Å². The van der Waals surface area contributed by atoms with Gasteiger partial charge in [-0.1, -0.05) is 8.93 Å². The number of nitrogens with one attached hydrogen (secondary N) is 1. The van der Waals surface area contributed by atoms with E-state index in [1.807, 2.05) is 0 Å². The molecular weight excluding hydrogens is 639 g/mol. The van der Waals surface area contributed by atoms with Crippen LogP contribution in [0.15, 0.2) is 11.3 Å². The Hall–Kier alpha value is 3.90. The van der Waals surface area contributed by atoms with Gasteiger partial charge in [0.25, 0.3) is 0 Å². The number of ketones is 1. The van der Waals surface area contributed by atoms with E-state index in [9.17, 15) is 14.4 Å². The molecule has 2 heterocycles. The largest absolute Gasteiger partial charge is 0.433 e. The molecular formula is C12H29N2O4P13. The Morgan fingerprint density at radius 2 is 1.65 bits per heavy atom. The molecule has 11 unspecified atom stereocenters. The first-order chi connectivity index (χ1) is 14.4. The number of allylic oxidation sites excluding steroid dienone is 1. The lowest BCUT2D eigenvalue weighted by molar-refractivity contribution is -0.145. The standard InChI is InChI=1S/C12H29N2O4P13/c1-6(15)7-5-8(13-2)11(16)14-9(7)3-4-10(14)12(17)18-26(30(25)27(19)20)31(28(21)22)29(23)24/h8,10,13H,3-5,19-25H2,1-2H3. The summed E-state index contributed by atoms with van der Waals surface area (Å²) in [5, 5.41) is 3.00. The molecule has 0 aliphatic carbocycles. The Kier molecular flexibility index (Phi) is 14.2. The highest BCUT2D eigenvalue weighted by molar-refractivity contribution is 9.19. The van der Waals surface area contributed by atoms with Gasteiger partial charge in [0.2, 0.25) is 5.91 Å². The SMILES string of the molecule is CNC1CC(C(C)=O)=C2CCC(C(=O)OP(P(P)P(P)P)P(P(P)P)P(P)P)N2C1=O. The van der Waals surface area contributed by atoms with E-state index in [2.05, 4.69) is 67.8 Å². The maximum absolute atomic E-state index is 13.5. The van der Waals surface area contributed by atoms with Gasteiger partial charge >= 0.3 is 5.97 Å². The lowest BCUT2D eigenvalue weighted by Gasteiger charge is -2.38. The quantitative estimate of drug-likeness (QED) is 0.262. The first-order valence-electron chi connectivity index (χ1n) is 8.90. The van der Waals surface area contributed by atoms with E-state index in [0.717, 1.165) is 0 Å². The Labute approximate surface area is 207 Å². The number of fused-ring (bicyclic) bond motifs is 1. The summed E-state index contributed by atoms with van der Waals surface area (Å²) in [6, 6.07) is -1.14. The highest BCUT2D eigenvalue weighted by Gasteiger charge is 2.47. The van der Waals surface area contributed by atoms with Crippen molar-refractivity contribution in [2.24, 2.45) is 0 Å². The second-order valence-corrected chi connectivity index (χ2v) is 55.4. The molecule has 1 fully saturated rings. The molecule has 11 atom stereocenters. The molecule has 176 valence electrons. The van der Waals surface area contributed by atoms with Crippen LogP contribution in [0.4, 0.5) is 0 Å². The van der Waals surface area contributed by atoms with Gasteiger partial charge in [0.1, 0.15) is 6.04 Å². The van der Waals surface area contributed by atoms with E-state index in [4.69, 9.17) is 4.52 Å². The molecule has 0 spiro atoms. The molecule has 0 aromatic rings. The van der Waals surface area contributed by atoms with Gasteiger partial charge in [0.05, 0.1) is 6.04 Å². The fraction of sp³-hybridized carbons (Fsp3) is 0.583. The number of likely N-dealkylation sites (N-methyl/N-ethyl adjacent to an activating group) is 1. The van der Waals surface area contributed by atoms with Crippen LogP contribution in [0.1, 0.15) is 26.2 Å². The first kappa shape index (κ1) is 31.1. The van der Waals surface area contributed by atoms with E-state index in [0.29, 0.717) is 30.5 Å². The van der Waals surface area contributed by atoms with Crippen molar-refractivity contribution in [2.75, 3.05) is 7.05 Å². The molecule has 2 aliphatic rings. The zero-order chi connectivity index (χ0) is 23.6. The molecule has 0 bridgehead atoms. The minimum absolute atomic E-state index is 0.0361. The van der Waals surface area contributed by atoms with Crippen LogP contribution >= 0.6 is 105 Å². The molecule has 31 heavy (non-hydrogen) atoms. The number of nitrogens with zero attached hydrogens (tertiary/aromatic N) is 1. The fourth-order valence-corrected chi connectivity index (χ4v) is 98.5. The summed E-state index contributed by atoms with van der Waals surface area (Å²) in [4.78, 5) is 40.4. The molecule has 6 nitrogen and oxygen atoms in total. The van der Waals surface area contributed by atoms with Crippen molar-refractivity contribution in [1.29, 1.82) is 0 Å². The molecule has 2 rings (SSSR count). The Morgan fingerprint density at radius 1 is 1.06 bits per heavy atom. The number of Topliss-reactive ketones (excluding diaryl/α,β-unsaturated/α-hetero) is 1. The molecule has 0 aromatic heterocycles. The lowest BCUT2D eigenvalue weighted by Crippen LogP contribution is -2.52. The zero-order valence-corrected chi connectivity index (χ0v) is 30.5. The van der Waals surface area contributed by atoms with Crippen LogP contribution in [0, 0.1) is 0 Å². The van der Waals surface area contributed by atoms with Gasteiger partial charge in [-0.3, -0.25) is 9.59 Å². The third-order valence-electron chi connectivity index (χ3n) is 4.74. The zero-order valence-electron chi connectivity index (χ0n) is 17.1. The lowest BCUT2D eigenvalue weighted by atomic mass is 9.95. The minimum atomic E-state index is -0.968. The Morgan fingerprint density at radius 3 is 2.10 bits per heavy atom. The van der Waals surface area contributed by atoms with Gasteiger partial charge in [-0.05, 0) is 47.8 Å². The van der Waals surface area contributed by atoms with Crippen molar-refractivity contribution in [1.82, 2.24) is 10.2 Å². The van der Waals surface area contributed by atoms with Gasteiger partial charge in [-0.25, -0.2) is 4.79 Å². The second-order valence-electron chi connectivity index (χ2n) is 6.68. The molecule has 0 saturated carbocycles. The molecule has 1 amide bonds. The van der Waals surface area contributed by atoms with Gasteiger partial charge in [-0.2, -0.15) is 0 Å². The summed E-state index contributed by atoms with van der Waals surface area (Å²) < 4.78 is 6.31. The van der Waals surface area contributed by atoms with Crippen molar-refractivity contribution >= 4 is 123 Å². The first-order valence-corrected chi connectivity index (χ1v) is 31.7. The summed E-state index contributed by atoms with van der Waals surface area (Å²) >= 11 is 0. The second kappa shape index (κ2) is 14.2. The molecule has 19 heteroatoms. The molecule has 1 saturated heterocycles. The van der Waals surface area contributed by atoms with Crippen LogP contribution in [0.25, 0.3) is 0 Å². The number of carbonyl (C=O) groups excluding carboxylic acids is 3. The van der Waals surface area contributed by atoms with E-state index < -0.39 is 54.5 Å². The van der Waals surface area contributed by atoms with Crippen molar-refractivity contribution in [2.45, 2.75) is 38.3 Å². The van der Waals surface area contributed by atoms with Crippen LogP contribution < -0.4 is 5.32 Å². The number of carbonyl (C=O) groups is 3. The highest BCUT2D eigenvalue weighted by Crippen LogP contribution is 3.17. The van der Waals surface area contributed by atoms with Crippen LogP contribution in [0.3, 0.4) is 0 Å². The minimum Gasteiger partial charge on any atom is -0.433 e. The summed E-state index contributed by atoms with van der Waals surface area (Å²) in [5.41, 5.74) is 1.37. The van der Waals surface area contributed by atoms with Crippen molar-refractivity contribution in [3.8, 4) is 0 Å². The summed E-state index contributed by atoms with van der Waals surface area (Å²) in [6.07, 6.45) is 1.44. The third-order valence-corrected chi connectivity index (χ3v) is 75.4. The van der Waals surface area contributed by atoms with Gasteiger partial charge in [-0.15, -0.1) is 53.6 Å². The van der Waals surface area contributed by atoms with Crippen molar-refractivity contribution < 1.29 is 18.9 Å². The normalized spacial score (nSPS) is 23.8. The maximum atomic E-state index is 13.5. The third kappa shape index (κ3) is 7.71. The molecule has 1 N–H and O–H groups in total. The average molecular weight is 668 g/mol. The Balaban J connectivity index is 2.37. The number of amides is 1. The molecule has 0 radical (unpaired) electrons. The number of hydrogen-bond acceptors (Lipinski definition) is 5. The van der Waals surface area contributed by atoms with Gasteiger partial charge in [0, 0.05) is 31.7 Å². The predicted molar refractivity (Wildman–Crippen MR) is 171 cm³/mol. The van der Waals surface area contributed by atoms with E-state index in [-0.39, 0.29) is 17.7 Å². The van der Waals surface area contributed by atoms with Gasteiger partial charge in [0.15, 0.2) is 13.3 Å². The highest BCUT2D eigenvalue weighted by atomic mass is 33.2. The van der Waals surface area contributed by atoms with Crippen molar-refractivity contribution in [3.05, 3.63) is 11.3 Å². The number of hydrogen-bond donors (Lipinski definition) is 1. The van der Waals surface area contributed by atoms with Gasteiger partial charge < -0.3 is 14.7 Å². The van der Waals surface area contributed by atoms with E-state index >= 15 is 0 Å². The van der Waals surface area contributed by atoms with E-state index in [1.54, 1.807) is 11.9 Å². The van der Waals surface area contributed by atoms with Crippen LogP contribution in [0.5, 0.6) is 0 Å². The van der Waals surface area contributed by atoms with Crippen LogP contribution in [-0.4, -0.2) is 41.7 Å². The molecule has 2 aliphatic heterocycles. The van der Waals surface area contributed by atoms with E-state index in [1.165, 1.54) is 6.92 Å². The summed E-state index contributed by atoms with van der Waals surface area (Å²) in [7, 11) is 21.2.